The molecule has 88 valence electrons. The van der Waals surface area contributed by atoms with Crippen LogP contribution >= 0.6 is 0 Å². The zero-order chi connectivity index (χ0) is 11.4. The predicted octanol–water partition coefficient (Wildman–Crippen LogP) is 2.36. The molecule has 2 rings (SSSR count). The van der Waals surface area contributed by atoms with Gasteiger partial charge >= 0.3 is 0 Å². The lowest BCUT2D eigenvalue weighted by atomic mass is 10.2. The summed E-state index contributed by atoms with van der Waals surface area (Å²) in [5.41, 5.74) is 2.35. The minimum absolute atomic E-state index is 0.844. The second-order valence-corrected chi connectivity index (χ2v) is 4.70. The van der Waals surface area contributed by atoms with Crippen molar-refractivity contribution in [3.8, 4) is 0 Å². The third-order valence-electron chi connectivity index (χ3n) is 3.09. The molecule has 0 spiro atoms. The third kappa shape index (κ3) is 2.95. The van der Waals surface area contributed by atoms with E-state index in [1.54, 1.807) is 0 Å². The number of nitrogens with one attached hydrogen (secondary N) is 1. The van der Waals surface area contributed by atoms with Gasteiger partial charge in [-0.2, -0.15) is 0 Å². The normalized spacial score (nSPS) is 21.2. The average molecular weight is 219 g/mol. The van der Waals surface area contributed by atoms with Crippen LogP contribution in [0.4, 0.5) is 5.69 Å². The van der Waals surface area contributed by atoms with Crippen LogP contribution in [-0.2, 0) is 6.54 Å². The Kier molecular flexibility index (Phi) is 3.78. The van der Waals surface area contributed by atoms with Crippen LogP contribution in [-0.4, -0.2) is 29.5 Å². The first-order valence-corrected chi connectivity index (χ1v) is 6.19. The number of hydrogen-bond donors (Lipinski definition) is 1. The molecular formula is C13H21N3. The molecule has 0 saturated carbocycles. The van der Waals surface area contributed by atoms with Crippen LogP contribution in [0.15, 0.2) is 18.3 Å². The molecule has 1 aromatic rings. The minimum atomic E-state index is 0.844. The Morgan fingerprint density at radius 3 is 3.12 bits per heavy atom. The first kappa shape index (κ1) is 11.4. The van der Waals surface area contributed by atoms with Gasteiger partial charge in [-0.1, -0.05) is 6.92 Å². The van der Waals surface area contributed by atoms with Gasteiger partial charge in [-0.3, -0.25) is 9.88 Å². The lowest BCUT2D eigenvalue weighted by Crippen LogP contribution is -2.20. The van der Waals surface area contributed by atoms with Crippen molar-refractivity contribution in [1.29, 1.82) is 0 Å². The summed E-state index contributed by atoms with van der Waals surface area (Å²) >= 11 is 0. The quantitative estimate of drug-likeness (QED) is 0.842. The molecule has 16 heavy (non-hydrogen) atoms. The molecule has 1 aromatic heterocycles. The van der Waals surface area contributed by atoms with Crippen LogP contribution in [0.3, 0.4) is 0 Å². The third-order valence-corrected chi connectivity index (χ3v) is 3.09. The lowest BCUT2D eigenvalue weighted by Gasteiger charge is -2.15. The Bertz CT molecular complexity index is 338. The standard InChI is InChI=1S/C13H21N3/c1-3-14-12-4-6-15-13(8-12)10-16-7-5-11(2)9-16/h4,6,8,11H,3,5,7,9-10H2,1-2H3,(H,14,15). The number of hydrogen-bond acceptors (Lipinski definition) is 3. The van der Waals surface area contributed by atoms with Crippen molar-refractivity contribution < 1.29 is 0 Å². The molecule has 3 nitrogen and oxygen atoms in total. The molecule has 1 unspecified atom stereocenters. The predicted molar refractivity (Wildman–Crippen MR) is 67.5 cm³/mol. The molecule has 0 bridgehead atoms. The topological polar surface area (TPSA) is 28.2 Å². The van der Waals surface area contributed by atoms with Gasteiger partial charge in [0.2, 0.25) is 0 Å². The van der Waals surface area contributed by atoms with Gasteiger partial charge in [0, 0.05) is 31.5 Å². The molecule has 1 fully saturated rings. The molecule has 0 aliphatic carbocycles. The number of rotatable bonds is 4. The maximum atomic E-state index is 4.43. The number of anilines is 1. The Hall–Kier alpha value is -1.09. The zero-order valence-electron chi connectivity index (χ0n) is 10.2. The summed E-state index contributed by atoms with van der Waals surface area (Å²) in [5, 5.41) is 3.32. The highest BCUT2D eigenvalue weighted by atomic mass is 15.1. The fourth-order valence-electron chi connectivity index (χ4n) is 2.28. The van der Waals surface area contributed by atoms with Gasteiger partial charge in [0.25, 0.3) is 0 Å². The van der Waals surface area contributed by atoms with Gasteiger partial charge < -0.3 is 5.32 Å². The molecule has 1 atom stereocenters. The van der Waals surface area contributed by atoms with E-state index in [0.717, 1.165) is 19.0 Å². The molecule has 0 amide bonds. The summed E-state index contributed by atoms with van der Waals surface area (Å²) in [6.45, 7) is 8.82. The smallest absolute Gasteiger partial charge is 0.0564 e. The van der Waals surface area contributed by atoms with E-state index in [1.807, 2.05) is 12.3 Å². The monoisotopic (exact) mass is 219 g/mol. The van der Waals surface area contributed by atoms with E-state index in [9.17, 15) is 0 Å². The summed E-state index contributed by atoms with van der Waals surface area (Å²) < 4.78 is 0. The molecule has 1 N–H and O–H groups in total. The Morgan fingerprint density at radius 1 is 1.56 bits per heavy atom. The minimum Gasteiger partial charge on any atom is -0.385 e. The Morgan fingerprint density at radius 2 is 2.44 bits per heavy atom. The SMILES string of the molecule is CCNc1ccnc(CN2CCC(C)C2)c1. The highest BCUT2D eigenvalue weighted by Crippen LogP contribution is 2.18. The molecule has 1 saturated heterocycles. The van der Waals surface area contributed by atoms with Crippen molar-refractivity contribution in [1.82, 2.24) is 9.88 Å². The number of nitrogens with zero attached hydrogens (tertiary/aromatic N) is 2. The van der Waals surface area contributed by atoms with E-state index in [0.29, 0.717) is 0 Å². The van der Waals surface area contributed by atoms with Gasteiger partial charge in [-0.15, -0.1) is 0 Å². The van der Waals surface area contributed by atoms with Crippen molar-refractivity contribution in [2.75, 3.05) is 25.0 Å². The first-order valence-electron chi connectivity index (χ1n) is 6.19. The summed E-state index contributed by atoms with van der Waals surface area (Å²) in [4.78, 5) is 6.92. The van der Waals surface area contributed by atoms with E-state index in [2.05, 4.69) is 35.1 Å². The van der Waals surface area contributed by atoms with Gasteiger partial charge in [0.1, 0.15) is 0 Å². The fourth-order valence-corrected chi connectivity index (χ4v) is 2.28. The highest BCUT2D eigenvalue weighted by molar-refractivity contribution is 5.42. The Balaban J connectivity index is 1.95. The molecule has 3 heteroatoms. The number of aromatic nitrogens is 1. The molecule has 1 aliphatic rings. The number of likely N-dealkylation sites (tertiary alicyclic amines) is 1. The zero-order valence-corrected chi connectivity index (χ0v) is 10.2. The van der Waals surface area contributed by atoms with Crippen LogP contribution in [0.25, 0.3) is 0 Å². The maximum Gasteiger partial charge on any atom is 0.0564 e. The van der Waals surface area contributed by atoms with Gasteiger partial charge in [-0.25, -0.2) is 0 Å². The van der Waals surface area contributed by atoms with Gasteiger partial charge in [0.05, 0.1) is 5.69 Å². The fraction of sp³-hybridized carbons (Fsp3) is 0.615. The summed E-state index contributed by atoms with van der Waals surface area (Å²) in [6.07, 6.45) is 3.22. The van der Waals surface area contributed by atoms with Crippen molar-refractivity contribution >= 4 is 5.69 Å². The van der Waals surface area contributed by atoms with Gasteiger partial charge in [-0.05, 0) is 37.9 Å². The average Bonchev–Trinajstić information content (AvgIpc) is 2.65. The highest BCUT2D eigenvalue weighted by Gasteiger charge is 2.18. The second kappa shape index (κ2) is 5.30. The molecule has 0 aromatic carbocycles. The van der Waals surface area contributed by atoms with Crippen LogP contribution in [0.2, 0.25) is 0 Å². The van der Waals surface area contributed by atoms with Crippen molar-refractivity contribution in [3.05, 3.63) is 24.0 Å². The van der Waals surface area contributed by atoms with Gasteiger partial charge in [0.15, 0.2) is 0 Å². The summed E-state index contributed by atoms with van der Waals surface area (Å²) in [6, 6.07) is 4.19. The molecular weight excluding hydrogens is 198 g/mol. The van der Waals surface area contributed by atoms with Crippen molar-refractivity contribution in [3.63, 3.8) is 0 Å². The van der Waals surface area contributed by atoms with Crippen LogP contribution in [0.1, 0.15) is 26.0 Å². The molecule has 1 aliphatic heterocycles. The van der Waals surface area contributed by atoms with Crippen molar-refractivity contribution in [2.45, 2.75) is 26.8 Å². The van der Waals surface area contributed by atoms with Crippen LogP contribution in [0, 0.1) is 5.92 Å². The Labute approximate surface area is 97.9 Å². The first-order chi connectivity index (χ1) is 7.78. The second-order valence-electron chi connectivity index (χ2n) is 4.70. The van der Waals surface area contributed by atoms with E-state index in [-0.39, 0.29) is 0 Å². The maximum absolute atomic E-state index is 4.43. The van der Waals surface area contributed by atoms with E-state index >= 15 is 0 Å². The summed E-state index contributed by atoms with van der Waals surface area (Å²) in [7, 11) is 0. The van der Waals surface area contributed by atoms with Crippen LogP contribution in [0.5, 0.6) is 0 Å². The van der Waals surface area contributed by atoms with E-state index < -0.39 is 0 Å². The van der Waals surface area contributed by atoms with Crippen LogP contribution < -0.4 is 5.32 Å². The summed E-state index contributed by atoms with van der Waals surface area (Å²) in [5.74, 6) is 0.844. The van der Waals surface area contributed by atoms with E-state index in [1.165, 1.54) is 30.9 Å². The lowest BCUT2D eigenvalue weighted by molar-refractivity contribution is 0.316. The largest absolute Gasteiger partial charge is 0.385 e. The van der Waals surface area contributed by atoms with Crippen molar-refractivity contribution in [2.24, 2.45) is 5.92 Å². The molecule has 0 radical (unpaired) electrons. The molecule has 2 heterocycles. The van der Waals surface area contributed by atoms with E-state index in [4.69, 9.17) is 0 Å². The number of pyridine rings is 1.